The van der Waals surface area contributed by atoms with Crippen LogP contribution >= 0.6 is 11.8 Å². The molecule has 1 saturated carbocycles. The fraction of sp³-hybridized carbons (Fsp3) is 0.500. The van der Waals surface area contributed by atoms with Crippen molar-refractivity contribution >= 4 is 17.7 Å². The van der Waals surface area contributed by atoms with Gasteiger partial charge < -0.3 is 5.32 Å². The molecule has 0 aliphatic heterocycles. The van der Waals surface area contributed by atoms with Crippen molar-refractivity contribution in [2.45, 2.75) is 37.0 Å². The maximum Gasteiger partial charge on any atom is 0.240 e. The molecule has 1 aliphatic rings. The van der Waals surface area contributed by atoms with Gasteiger partial charge in [-0.1, -0.05) is 12.8 Å². The lowest BCUT2D eigenvalue weighted by Crippen LogP contribution is -2.38. The molecule has 1 aliphatic carbocycles. The van der Waals surface area contributed by atoms with E-state index in [0.717, 1.165) is 29.9 Å². The SMILES string of the molecule is N#CC1(C(=O)NCCCSc2ccc(F)cc2)CCCC1. The third kappa shape index (κ3) is 4.21. The Morgan fingerprint density at radius 2 is 2.00 bits per heavy atom. The van der Waals surface area contributed by atoms with E-state index >= 15 is 0 Å². The monoisotopic (exact) mass is 306 g/mol. The fourth-order valence-corrected chi connectivity index (χ4v) is 3.39. The lowest BCUT2D eigenvalue weighted by Gasteiger charge is -2.19. The molecule has 0 spiro atoms. The molecular formula is C16H19FN2OS. The van der Waals surface area contributed by atoms with Crippen LogP contribution in [0.25, 0.3) is 0 Å². The van der Waals surface area contributed by atoms with E-state index in [0.29, 0.717) is 19.4 Å². The van der Waals surface area contributed by atoms with E-state index in [9.17, 15) is 14.4 Å². The topological polar surface area (TPSA) is 52.9 Å². The molecule has 0 aromatic heterocycles. The number of nitrogens with one attached hydrogen (secondary N) is 1. The van der Waals surface area contributed by atoms with Crippen LogP contribution in [0.2, 0.25) is 0 Å². The van der Waals surface area contributed by atoms with E-state index in [1.165, 1.54) is 12.1 Å². The number of hydrogen-bond acceptors (Lipinski definition) is 3. The highest BCUT2D eigenvalue weighted by atomic mass is 32.2. The minimum absolute atomic E-state index is 0.116. The summed E-state index contributed by atoms with van der Waals surface area (Å²) in [7, 11) is 0. The first-order valence-electron chi connectivity index (χ1n) is 7.24. The van der Waals surface area contributed by atoms with Crippen LogP contribution < -0.4 is 5.32 Å². The van der Waals surface area contributed by atoms with Crippen LogP contribution in [-0.2, 0) is 4.79 Å². The highest BCUT2D eigenvalue weighted by molar-refractivity contribution is 7.99. The third-order valence-electron chi connectivity index (χ3n) is 3.79. The lowest BCUT2D eigenvalue weighted by atomic mass is 9.87. The largest absolute Gasteiger partial charge is 0.355 e. The number of rotatable bonds is 6. The van der Waals surface area contributed by atoms with Gasteiger partial charge >= 0.3 is 0 Å². The number of nitriles is 1. The average molecular weight is 306 g/mol. The highest BCUT2D eigenvalue weighted by Gasteiger charge is 2.41. The summed E-state index contributed by atoms with van der Waals surface area (Å²) < 4.78 is 12.8. The summed E-state index contributed by atoms with van der Waals surface area (Å²) in [6, 6.07) is 8.59. The molecule has 21 heavy (non-hydrogen) atoms. The quantitative estimate of drug-likeness (QED) is 0.646. The minimum Gasteiger partial charge on any atom is -0.355 e. The van der Waals surface area contributed by atoms with Gasteiger partial charge in [0.25, 0.3) is 0 Å². The van der Waals surface area contributed by atoms with Gasteiger partial charge in [0.1, 0.15) is 11.2 Å². The fourth-order valence-electron chi connectivity index (χ4n) is 2.53. The van der Waals surface area contributed by atoms with Crippen LogP contribution in [0, 0.1) is 22.6 Å². The van der Waals surface area contributed by atoms with Crippen LogP contribution in [0.3, 0.4) is 0 Å². The van der Waals surface area contributed by atoms with Gasteiger partial charge in [-0.25, -0.2) is 4.39 Å². The molecule has 1 aromatic carbocycles. The number of halogens is 1. The van der Waals surface area contributed by atoms with Crippen molar-refractivity contribution in [2.24, 2.45) is 5.41 Å². The molecule has 0 radical (unpaired) electrons. The first-order chi connectivity index (χ1) is 10.2. The van der Waals surface area contributed by atoms with Crippen LogP contribution in [-0.4, -0.2) is 18.2 Å². The Labute approximate surface area is 128 Å². The molecule has 0 atom stereocenters. The Kier molecular flexibility index (Phi) is 5.63. The van der Waals surface area contributed by atoms with E-state index in [4.69, 9.17) is 0 Å². The minimum atomic E-state index is -0.788. The predicted octanol–water partition coefficient (Wildman–Crippen LogP) is 3.51. The summed E-state index contributed by atoms with van der Waals surface area (Å²) in [6.07, 6.45) is 4.11. The Bertz CT molecular complexity index is 518. The van der Waals surface area contributed by atoms with Gasteiger partial charge in [-0.2, -0.15) is 5.26 Å². The first kappa shape index (κ1) is 15.8. The van der Waals surface area contributed by atoms with Gasteiger partial charge in [0.2, 0.25) is 5.91 Å². The molecule has 0 heterocycles. The second kappa shape index (κ2) is 7.46. The average Bonchev–Trinajstić information content (AvgIpc) is 2.99. The number of hydrogen-bond donors (Lipinski definition) is 1. The standard InChI is InChI=1S/C16H19FN2OS/c17-13-4-6-14(7-5-13)21-11-3-10-19-15(20)16(12-18)8-1-2-9-16/h4-7H,1-3,8-11H2,(H,19,20). The first-order valence-corrected chi connectivity index (χ1v) is 8.23. The molecule has 0 unspecified atom stereocenters. The number of amides is 1. The molecule has 1 N–H and O–H groups in total. The van der Waals surface area contributed by atoms with E-state index < -0.39 is 5.41 Å². The van der Waals surface area contributed by atoms with Gasteiger partial charge in [0, 0.05) is 11.4 Å². The number of nitrogens with zero attached hydrogens (tertiary/aromatic N) is 1. The summed E-state index contributed by atoms with van der Waals surface area (Å²) in [5, 5.41) is 12.1. The van der Waals surface area contributed by atoms with Gasteiger partial charge in [0.15, 0.2) is 0 Å². The molecule has 2 rings (SSSR count). The number of carbonyl (C=O) groups excluding carboxylic acids is 1. The number of thioether (sulfide) groups is 1. The highest BCUT2D eigenvalue weighted by Crippen LogP contribution is 2.37. The summed E-state index contributed by atoms with van der Waals surface area (Å²) in [4.78, 5) is 13.1. The van der Waals surface area contributed by atoms with Gasteiger partial charge in [-0.05, 0) is 49.3 Å². The lowest BCUT2D eigenvalue weighted by molar-refractivity contribution is -0.127. The summed E-state index contributed by atoms with van der Waals surface area (Å²) in [5.41, 5.74) is -0.788. The normalized spacial score (nSPS) is 16.4. The van der Waals surface area contributed by atoms with E-state index in [-0.39, 0.29) is 11.7 Å². The predicted molar refractivity (Wildman–Crippen MR) is 81.3 cm³/mol. The third-order valence-corrected chi connectivity index (χ3v) is 4.89. The zero-order valence-electron chi connectivity index (χ0n) is 11.9. The smallest absolute Gasteiger partial charge is 0.240 e. The van der Waals surface area contributed by atoms with Crippen LogP contribution in [0.4, 0.5) is 4.39 Å². The van der Waals surface area contributed by atoms with Crippen LogP contribution in [0.5, 0.6) is 0 Å². The van der Waals surface area contributed by atoms with E-state index in [1.54, 1.807) is 23.9 Å². The van der Waals surface area contributed by atoms with Gasteiger partial charge in [0.05, 0.1) is 6.07 Å². The molecule has 112 valence electrons. The second-order valence-corrected chi connectivity index (χ2v) is 6.48. The Hall–Kier alpha value is -1.54. The van der Waals surface area contributed by atoms with Crippen molar-refractivity contribution in [2.75, 3.05) is 12.3 Å². The van der Waals surface area contributed by atoms with Gasteiger partial charge in [-0.3, -0.25) is 4.79 Å². The maximum atomic E-state index is 12.8. The Morgan fingerprint density at radius 1 is 1.33 bits per heavy atom. The second-order valence-electron chi connectivity index (χ2n) is 5.31. The molecule has 5 heteroatoms. The molecule has 1 amide bonds. The number of carbonyl (C=O) groups is 1. The van der Waals surface area contributed by atoms with Crippen molar-refractivity contribution in [3.8, 4) is 6.07 Å². The molecule has 1 aromatic rings. The Balaban J connectivity index is 1.67. The molecule has 0 saturated heterocycles. The van der Waals surface area contributed by atoms with Crippen molar-refractivity contribution in [3.05, 3.63) is 30.1 Å². The van der Waals surface area contributed by atoms with E-state index in [1.807, 2.05) is 0 Å². The molecule has 1 fully saturated rings. The van der Waals surface area contributed by atoms with Gasteiger partial charge in [-0.15, -0.1) is 11.8 Å². The maximum absolute atomic E-state index is 12.8. The summed E-state index contributed by atoms with van der Waals surface area (Å²) >= 11 is 1.63. The zero-order valence-corrected chi connectivity index (χ0v) is 12.7. The van der Waals surface area contributed by atoms with E-state index in [2.05, 4.69) is 11.4 Å². The molecule has 0 bridgehead atoms. The summed E-state index contributed by atoms with van der Waals surface area (Å²) in [6.45, 7) is 0.580. The summed E-state index contributed by atoms with van der Waals surface area (Å²) in [5.74, 6) is 0.505. The zero-order chi connectivity index (χ0) is 15.1. The van der Waals surface area contributed by atoms with Crippen molar-refractivity contribution < 1.29 is 9.18 Å². The number of benzene rings is 1. The van der Waals surface area contributed by atoms with Crippen LogP contribution in [0.1, 0.15) is 32.1 Å². The Morgan fingerprint density at radius 3 is 2.62 bits per heavy atom. The van der Waals surface area contributed by atoms with Crippen molar-refractivity contribution in [3.63, 3.8) is 0 Å². The van der Waals surface area contributed by atoms with Crippen molar-refractivity contribution in [1.82, 2.24) is 5.32 Å². The van der Waals surface area contributed by atoms with Crippen molar-refractivity contribution in [1.29, 1.82) is 5.26 Å². The molecule has 3 nitrogen and oxygen atoms in total. The van der Waals surface area contributed by atoms with Crippen LogP contribution in [0.15, 0.2) is 29.2 Å². The molecular weight excluding hydrogens is 287 g/mol.